The molecule has 9 nitrogen and oxygen atoms in total. The average molecular weight is 355 g/mol. The van der Waals surface area contributed by atoms with E-state index in [1.165, 1.54) is 19.1 Å². The zero-order chi connectivity index (χ0) is 19.3. The van der Waals surface area contributed by atoms with E-state index in [4.69, 9.17) is 5.26 Å². The minimum Gasteiger partial charge on any atom is -0.334 e. The Morgan fingerprint density at radius 2 is 2.15 bits per heavy atom. The fourth-order valence-electron chi connectivity index (χ4n) is 2.45. The van der Waals surface area contributed by atoms with E-state index in [1.54, 1.807) is 18.2 Å². The monoisotopic (exact) mass is 355 g/mol. The van der Waals surface area contributed by atoms with E-state index < -0.39 is 36.0 Å². The molecule has 26 heavy (non-hydrogen) atoms. The van der Waals surface area contributed by atoms with Gasteiger partial charge in [-0.1, -0.05) is 18.2 Å². The molecule has 1 aliphatic heterocycles. The second-order valence-corrected chi connectivity index (χ2v) is 5.69. The van der Waals surface area contributed by atoms with Crippen molar-refractivity contribution in [2.75, 3.05) is 13.1 Å². The predicted molar refractivity (Wildman–Crippen MR) is 90.5 cm³/mol. The molecular weight excluding hydrogens is 338 g/mol. The lowest BCUT2D eigenvalue weighted by atomic mass is 9.91. The maximum Gasteiger partial charge on any atom is 0.325 e. The highest BCUT2D eigenvalue weighted by Crippen LogP contribution is 2.29. The number of rotatable bonds is 5. The van der Waals surface area contributed by atoms with Crippen LogP contribution in [-0.4, -0.2) is 41.9 Å². The summed E-state index contributed by atoms with van der Waals surface area (Å²) in [6.45, 7) is 4.45. The number of hydrogen-bond donors (Lipinski definition) is 3. The van der Waals surface area contributed by atoms with E-state index in [0.717, 1.165) is 4.90 Å². The number of nitrogens with one attached hydrogen (secondary N) is 3. The third kappa shape index (κ3) is 3.70. The molecular formula is C17H17N5O4. The predicted octanol–water partition coefficient (Wildman–Crippen LogP) is 0.337. The van der Waals surface area contributed by atoms with E-state index in [0.29, 0.717) is 11.1 Å². The first-order chi connectivity index (χ1) is 12.3. The molecule has 1 unspecified atom stereocenters. The average Bonchev–Trinajstić information content (AvgIpc) is 2.84. The van der Waals surface area contributed by atoms with Crippen LogP contribution < -0.4 is 16.0 Å². The first kappa shape index (κ1) is 18.7. The van der Waals surface area contributed by atoms with Gasteiger partial charge in [0.05, 0.1) is 11.6 Å². The van der Waals surface area contributed by atoms with Crippen LogP contribution in [0.2, 0.25) is 0 Å². The Hall–Kier alpha value is -3.67. The fourth-order valence-corrected chi connectivity index (χ4v) is 2.45. The standard InChI is InChI=1S/C17H17N5O4/c1-3-7-19-15(25)20-13(23)10-22-14(24)17(2,21-16(22)26)12-6-4-5-11(8-12)9-18/h3-6,8H,1,7,10H2,2H3,(H,21,26)(H2,19,20,23,25). The second kappa shape index (κ2) is 7.48. The van der Waals surface area contributed by atoms with E-state index in [-0.39, 0.29) is 6.54 Å². The smallest absolute Gasteiger partial charge is 0.325 e. The van der Waals surface area contributed by atoms with Crippen LogP contribution in [0.3, 0.4) is 0 Å². The molecule has 3 N–H and O–H groups in total. The SMILES string of the molecule is C=CCNC(=O)NC(=O)CN1C(=O)NC(C)(c2cccc(C#N)c2)C1=O. The molecule has 134 valence electrons. The van der Waals surface area contributed by atoms with E-state index in [9.17, 15) is 19.2 Å². The molecule has 9 heteroatoms. The summed E-state index contributed by atoms with van der Waals surface area (Å²) in [7, 11) is 0. The second-order valence-electron chi connectivity index (χ2n) is 5.69. The van der Waals surface area contributed by atoms with E-state index >= 15 is 0 Å². The van der Waals surface area contributed by atoms with Crippen molar-refractivity contribution in [1.82, 2.24) is 20.9 Å². The van der Waals surface area contributed by atoms with Gasteiger partial charge in [0, 0.05) is 6.54 Å². The fraction of sp³-hybridized carbons (Fsp3) is 0.235. The number of imide groups is 2. The molecule has 0 radical (unpaired) electrons. The van der Waals surface area contributed by atoms with Gasteiger partial charge in [-0.25, -0.2) is 9.59 Å². The summed E-state index contributed by atoms with van der Waals surface area (Å²) in [5.41, 5.74) is -0.655. The number of amides is 6. The van der Waals surface area contributed by atoms with E-state index in [1.807, 2.05) is 11.4 Å². The molecule has 1 heterocycles. The van der Waals surface area contributed by atoms with Crippen molar-refractivity contribution < 1.29 is 19.2 Å². The van der Waals surface area contributed by atoms with Crippen LogP contribution in [0, 0.1) is 11.3 Å². The van der Waals surface area contributed by atoms with Gasteiger partial charge in [-0.3, -0.25) is 19.8 Å². The quantitative estimate of drug-likeness (QED) is 0.518. The van der Waals surface area contributed by atoms with Gasteiger partial charge in [0.2, 0.25) is 5.91 Å². The van der Waals surface area contributed by atoms with Crippen molar-refractivity contribution >= 4 is 23.9 Å². The van der Waals surface area contributed by atoms with Gasteiger partial charge >= 0.3 is 12.1 Å². The highest BCUT2D eigenvalue weighted by atomic mass is 16.2. The zero-order valence-corrected chi connectivity index (χ0v) is 14.0. The lowest BCUT2D eigenvalue weighted by Gasteiger charge is -2.22. The van der Waals surface area contributed by atoms with Crippen molar-refractivity contribution in [2.24, 2.45) is 0 Å². The van der Waals surface area contributed by atoms with E-state index in [2.05, 4.69) is 17.2 Å². The summed E-state index contributed by atoms with van der Waals surface area (Å²) in [5.74, 6) is -1.47. The third-order valence-electron chi connectivity index (χ3n) is 3.81. The number of carbonyl (C=O) groups is 4. The van der Waals surface area contributed by atoms with Crippen LogP contribution in [0.4, 0.5) is 9.59 Å². The molecule has 0 saturated carbocycles. The van der Waals surface area contributed by atoms with Crippen LogP contribution in [0.1, 0.15) is 18.1 Å². The van der Waals surface area contributed by atoms with Gasteiger partial charge in [-0.2, -0.15) is 5.26 Å². The Bertz CT molecular complexity index is 829. The van der Waals surface area contributed by atoms with Gasteiger partial charge in [0.25, 0.3) is 5.91 Å². The molecule has 1 aromatic carbocycles. The molecule has 0 aromatic heterocycles. The number of nitrogens with zero attached hydrogens (tertiary/aromatic N) is 2. The van der Waals surface area contributed by atoms with Crippen LogP contribution >= 0.6 is 0 Å². The molecule has 0 aliphatic carbocycles. The van der Waals surface area contributed by atoms with Crippen LogP contribution in [0.25, 0.3) is 0 Å². The first-order valence-electron chi connectivity index (χ1n) is 7.65. The van der Waals surface area contributed by atoms with Gasteiger partial charge in [0.1, 0.15) is 12.1 Å². The Kier molecular flexibility index (Phi) is 5.37. The zero-order valence-electron chi connectivity index (χ0n) is 14.0. The summed E-state index contributed by atoms with van der Waals surface area (Å²) in [5, 5.41) is 15.9. The number of carbonyl (C=O) groups excluding carboxylic acids is 4. The van der Waals surface area contributed by atoms with Crippen molar-refractivity contribution in [3.8, 4) is 6.07 Å². The molecule has 1 atom stereocenters. The van der Waals surface area contributed by atoms with Gasteiger partial charge in [0.15, 0.2) is 0 Å². The minimum absolute atomic E-state index is 0.162. The number of benzene rings is 1. The van der Waals surface area contributed by atoms with Crippen molar-refractivity contribution in [3.05, 3.63) is 48.0 Å². The van der Waals surface area contributed by atoms with Gasteiger partial charge < -0.3 is 10.6 Å². The Labute approximate surface area is 149 Å². The highest BCUT2D eigenvalue weighted by Gasteiger charge is 2.49. The molecule has 1 aliphatic rings. The molecule has 2 rings (SSSR count). The van der Waals surface area contributed by atoms with Crippen molar-refractivity contribution in [1.29, 1.82) is 5.26 Å². The third-order valence-corrected chi connectivity index (χ3v) is 3.81. The van der Waals surface area contributed by atoms with Crippen LogP contribution in [0.15, 0.2) is 36.9 Å². The molecule has 1 aromatic rings. The number of hydrogen-bond acceptors (Lipinski definition) is 5. The number of urea groups is 2. The molecule has 1 saturated heterocycles. The summed E-state index contributed by atoms with van der Waals surface area (Å²) in [4.78, 5) is 48.9. The molecule has 1 fully saturated rings. The van der Waals surface area contributed by atoms with Crippen molar-refractivity contribution in [2.45, 2.75) is 12.5 Å². The summed E-state index contributed by atoms with van der Waals surface area (Å²) in [6, 6.07) is 6.70. The Morgan fingerprint density at radius 1 is 1.42 bits per heavy atom. The minimum atomic E-state index is -1.41. The van der Waals surface area contributed by atoms with Crippen molar-refractivity contribution in [3.63, 3.8) is 0 Å². The number of nitriles is 1. The topological polar surface area (TPSA) is 131 Å². The lowest BCUT2D eigenvalue weighted by molar-refractivity contribution is -0.134. The summed E-state index contributed by atoms with van der Waals surface area (Å²) < 4.78 is 0. The Balaban J connectivity index is 2.13. The largest absolute Gasteiger partial charge is 0.334 e. The first-order valence-corrected chi connectivity index (χ1v) is 7.65. The van der Waals surface area contributed by atoms with Crippen LogP contribution in [-0.2, 0) is 15.1 Å². The Morgan fingerprint density at radius 3 is 2.81 bits per heavy atom. The normalized spacial score (nSPS) is 18.7. The lowest BCUT2D eigenvalue weighted by Crippen LogP contribution is -2.47. The summed E-state index contributed by atoms with van der Waals surface area (Å²) >= 11 is 0. The molecule has 6 amide bonds. The van der Waals surface area contributed by atoms with Gasteiger partial charge in [-0.05, 0) is 24.6 Å². The maximum absolute atomic E-state index is 12.7. The summed E-state index contributed by atoms with van der Waals surface area (Å²) in [6.07, 6.45) is 1.43. The molecule has 0 spiro atoms. The highest BCUT2D eigenvalue weighted by molar-refractivity contribution is 6.10. The molecule has 0 bridgehead atoms. The van der Waals surface area contributed by atoms with Gasteiger partial charge in [-0.15, -0.1) is 6.58 Å². The van der Waals surface area contributed by atoms with Crippen LogP contribution in [0.5, 0.6) is 0 Å². The maximum atomic E-state index is 12.7.